The lowest BCUT2D eigenvalue weighted by Gasteiger charge is -2.22. The molecular weight excluding hydrogens is 323 g/mol. The molecule has 1 aromatic carbocycles. The Balaban J connectivity index is 1.94. The zero-order valence-electron chi connectivity index (χ0n) is 13.0. The standard InChI is InChI=1S/C16H20F3N3O2/c17-16(18,19)12(11-6-2-1-3-7-11)10-21-15(24)22-13-8-4-5-9-20-14(13)23/h1-3,6-7,12-13H,4-5,8-10H2,(H,20,23)(H2,21,22,24)/t12-,13-/m1/s1. The van der Waals surface area contributed by atoms with Crippen molar-refractivity contribution in [2.75, 3.05) is 13.1 Å². The third-order valence-electron chi connectivity index (χ3n) is 3.90. The molecule has 1 aromatic rings. The van der Waals surface area contributed by atoms with Crippen molar-refractivity contribution in [1.29, 1.82) is 0 Å². The van der Waals surface area contributed by atoms with Crippen molar-refractivity contribution >= 4 is 11.9 Å². The summed E-state index contributed by atoms with van der Waals surface area (Å²) in [6, 6.07) is 5.92. The van der Waals surface area contributed by atoms with E-state index in [-0.39, 0.29) is 11.5 Å². The lowest BCUT2D eigenvalue weighted by molar-refractivity contribution is -0.149. The summed E-state index contributed by atoms with van der Waals surface area (Å²) in [5.74, 6) is -2.11. The van der Waals surface area contributed by atoms with Crippen molar-refractivity contribution < 1.29 is 22.8 Å². The molecule has 0 bridgehead atoms. The van der Waals surface area contributed by atoms with E-state index in [2.05, 4.69) is 16.0 Å². The van der Waals surface area contributed by atoms with Gasteiger partial charge in [-0.2, -0.15) is 13.2 Å². The molecule has 1 aliphatic heterocycles. The van der Waals surface area contributed by atoms with Gasteiger partial charge in [0.25, 0.3) is 0 Å². The molecule has 1 fully saturated rings. The van der Waals surface area contributed by atoms with Gasteiger partial charge in [0.1, 0.15) is 6.04 Å². The predicted molar refractivity (Wildman–Crippen MR) is 82.4 cm³/mol. The van der Waals surface area contributed by atoms with Crippen LogP contribution in [0.5, 0.6) is 0 Å². The first kappa shape index (κ1) is 18.1. The molecule has 5 nitrogen and oxygen atoms in total. The van der Waals surface area contributed by atoms with Crippen LogP contribution < -0.4 is 16.0 Å². The summed E-state index contributed by atoms with van der Waals surface area (Å²) >= 11 is 0. The number of nitrogens with one attached hydrogen (secondary N) is 3. The Labute approximate surface area is 138 Å². The molecule has 3 N–H and O–H groups in total. The van der Waals surface area contributed by atoms with Crippen LogP contribution in [0.4, 0.5) is 18.0 Å². The van der Waals surface area contributed by atoms with Crippen LogP contribution >= 0.6 is 0 Å². The lowest BCUT2D eigenvalue weighted by Crippen LogP contribution is -2.50. The van der Waals surface area contributed by atoms with Crippen LogP contribution in [0.2, 0.25) is 0 Å². The summed E-state index contributed by atoms with van der Waals surface area (Å²) < 4.78 is 39.6. The molecule has 8 heteroatoms. The molecule has 0 spiro atoms. The Hall–Kier alpha value is -2.25. The van der Waals surface area contributed by atoms with Crippen molar-refractivity contribution in [3.8, 4) is 0 Å². The molecule has 1 heterocycles. The number of alkyl halides is 3. The number of halogens is 3. The Kier molecular flexibility index (Phi) is 6.05. The molecule has 2 atom stereocenters. The molecule has 0 radical (unpaired) electrons. The van der Waals surface area contributed by atoms with Crippen LogP contribution in [0.1, 0.15) is 30.7 Å². The minimum atomic E-state index is -4.48. The first-order chi connectivity index (χ1) is 11.4. The number of amides is 3. The maximum absolute atomic E-state index is 13.2. The Morgan fingerprint density at radius 3 is 2.62 bits per heavy atom. The van der Waals surface area contributed by atoms with Gasteiger partial charge >= 0.3 is 12.2 Å². The molecule has 24 heavy (non-hydrogen) atoms. The van der Waals surface area contributed by atoms with E-state index in [0.717, 1.165) is 12.8 Å². The minimum absolute atomic E-state index is 0.0810. The monoisotopic (exact) mass is 343 g/mol. The topological polar surface area (TPSA) is 70.2 Å². The van der Waals surface area contributed by atoms with Gasteiger partial charge in [-0.25, -0.2) is 4.79 Å². The van der Waals surface area contributed by atoms with E-state index < -0.39 is 30.7 Å². The zero-order chi connectivity index (χ0) is 17.6. The van der Waals surface area contributed by atoms with Gasteiger partial charge in [-0.05, 0) is 24.8 Å². The average molecular weight is 343 g/mol. The van der Waals surface area contributed by atoms with Gasteiger partial charge < -0.3 is 16.0 Å². The van der Waals surface area contributed by atoms with Crippen LogP contribution in [0.25, 0.3) is 0 Å². The van der Waals surface area contributed by atoms with Crippen molar-refractivity contribution in [1.82, 2.24) is 16.0 Å². The Bertz CT molecular complexity index is 563. The van der Waals surface area contributed by atoms with E-state index in [1.54, 1.807) is 6.07 Å². The van der Waals surface area contributed by atoms with Gasteiger partial charge in [0.2, 0.25) is 5.91 Å². The van der Waals surface area contributed by atoms with Gasteiger partial charge in [0, 0.05) is 13.1 Å². The second-order valence-corrected chi connectivity index (χ2v) is 5.70. The van der Waals surface area contributed by atoms with E-state index >= 15 is 0 Å². The van der Waals surface area contributed by atoms with Crippen molar-refractivity contribution in [3.05, 3.63) is 35.9 Å². The molecule has 1 saturated heterocycles. The quantitative estimate of drug-likeness (QED) is 0.785. The van der Waals surface area contributed by atoms with E-state index in [9.17, 15) is 22.8 Å². The fourth-order valence-corrected chi connectivity index (χ4v) is 2.59. The van der Waals surface area contributed by atoms with Gasteiger partial charge in [-0.1, -0.05) is 30.3 Å². The average Bonchev–Trinajstić information content (AvgIpc) is 2.72. The smallest absolute Gasteiger partial charge is 0.354 e. The first-order valence-electron chi connectivity index (χ1n) is 7.81. The largest absolute Gasteiger partial charge is 0.397 e. The van der Waals surface area contributed by atoms with E-state index in [4.69, 9.17) is 0 Å². The highest BCUT2D eigenvalue weighted by molar-refractivity contribution is 5.87. The van der Waals surface area contributed by atoms with Crippen LogP contribution in [0.15, 0.2) is 30.3 Å². The van der Waals surface area contributed by atoms with Gasteiger partial charge in [0.15, 0.2) is 0 Å². The van der Waals surface area contributed by atoms with Crippen LogP contribution in [0, 0.1) is 0 Å². The molecule has 0 unspecified atom stereocenters. The maximum Gasteiger partial charge on any atom is 0.397 e. The minimum Gasteiger partial charge on any atom is -0.354 e. The van der Waals surface area contributed by atoms with Crippen molar-refractivity contribution in [3.63, 3.8) is 0 Å². The number of urea groups is 1. The van der Waals surface area contributed by atoms with Gasteiger partial charge in [-0.15, -0.1) is 0 Å². The molecule has 0 aliphatic carbocycles. The number of carbonyl (C=O) groups excluding carboxylic acids is 2. The zero-order valence-corrected chi connectivity index (χ0v) is 13.0. The SMILES string of the molecule is O=C(NC[C@H](c1ccccc1)C(F)(F)F)N[C@@H]1CCCCNC1=O. The molecule has 1 aliphatic rings. The number of hydrogen-bond donors (Lipinski definition) is 3. The van der Waals surface area contributed by atoms with Crippen molar-refractivity contribution in [2.24, 2.45) is 0 Å². The van der Waals surface area contributed by atoms with E-state index in [1.807, 2.05) is 0 Å². The van der Waals surface area contributed by atoms with Crippen LogP contribution in [-0.2, 0) is 4.79 Å². The summed E-state index contributed by atoms with van der Waals surface area (Å²) in [5, 5.41) is 7.32. The summed E-state index contributed by atoms with van der Waals surface area (Å²) in [5.41, 5.74) is 0.0810. The second kappa shape index (κ2) is 8.03. The molecule has 0 aromatic heterocycles. The molecule has 3 amide bonds. The van der Waals surface area contributed by atoms with Gasteiger partial charge in [0.05, 0.1) is 5.92 Å². The van der Waals surface area contributed by atoms with Gasteiger partial charge in [-0.3, -0.25) is 4.79 Å². The van der Waals surface area contributed by atoms with Crippen LogP contribution in [0.3, 0.4) is 0 Å². The highest BCUT2D eigenvalue weighted by Crippen LogP contribution is 2.34. The highest BCUT2D eigenvalue weighted by Gasteiger charge is 2.40. The third-order valence-corrected chi connectivity index (χ3v) is 3.90. The molecule has 2 rings (SSSR count). The normalized spacial score (nSPS) is 19.8. The summed E-state index contributed by atoms with van der Waals surface area (Å²) in [6.45, 7) is -0.0452. The molecule has 0 saturated carbocycles. The summed E-state index contributed by atoms with van der Waals surface area (Å²) in [6.07, 6.45) is -2.43. The number of rotatable bonds is 4. The maximum atomic E-state index is 13.2. The van der Waals surface area contributed by atoms with Crippen molar-refractivity contribution in [2.45, 2.75) is 37.4 Å². The molecular formula is C16H20F3N3O2. The summed E-state index contributed by atoms with van der Waals surface area (Å²) in [7, 11) is 0. The first-order valence-corrected chi connectivity index (χ1v) is 7.81. The fraction of sp³-hybridized carbons (Fsp3) is 0.500. The number of carbonyl (C=O) groups is 2. The van der Waals surface area contributed by atoms with Crippen LogP contribution in [-0.4, -0.2) is 37.2 Å². The molecule has 132 valence electrons. The predicted octanol–water partition coefficient (Wildman–Crippen LogP) is 2.30. The highest BCUT2D eigenvalue weighted by atomic mass is 19.4. The van der Waals surface area contributed by atoms with E-state index in [0.29, 0.717) is 13.0 Å². The fourth-order valence-electron chi connectivity index (χ4n) is 2.59. The number of hydrogen-bond acceptors (Lipinski definition) is 2. The lowest BCUT2D eigenvalue weighted by atomic mass is 9.98. The Morgan fingerprint density at radius 2 is 1.96 bits per heavy atom. The summed E-state index contributed by atoms with van der Waals surface area (Å²) in [4.78, 5) is 23.6. The van der Waals surface area contributed by atoms with E-state index in [1.165, 1.54) is 24.3 Å². The third kappa shape index (κ3) is 5.14. The number of benzene rings is 1. The Morgan fingerprint density at radius 1 is 1.25 bits per heavy atom. The second-order valence-electron chi connectivity index (χ2n) is 5.70.